The lowest BCUT2D eigenvalue weighted by atomic mass is 9.96. The third kappa shape index (κ3) is 5.03. The number of amides is 1. The smallest absolute Gasteiger partial charge is 0.339 e. The van der Waals surface area contributed by atoms with E-state index in [2.05, 4.69) is 52.0 Å². The number of piperazine rings is 1. The van der Waals surface area contributed by atoms with Gasteiger partial charge in [0, 0.05) is 54.0 Å². The number of hydrogen-bond donors (Lipinski definition) is 0. The molecule has 2 bridgehead atoms. The van der Waals surface area contributed by atoms with E-state index >= 15 is 0 Å². The molecule has 3 aromatic rings. The number of esters is 1. The summed E-state index contributed by atoms with van der Waals surface area (Å²) in [6.07, 6.45) is 10.1. The van der Waals surface area contributed by atoms with Crippen molar-refractivity contribution in [3.8, 4) is 0 Å². The second-order valence-electron chi connectivity index (χ2n) is 11.8. The molecule has 0 spiro atoms. The van der Waals surface area contributed by atoms with Crippen molar-refractivity contribution in [1.29, 1.82) is 0 Å². The first-order valence-electron chi connectivity index (χ1n) is 14.7. The molecule has 4 aliphatic rings. The Morgan fingerprint density at radius 1 is 1.05 bits per heavy atom. The van der Waals surface area contributed by atoms with Gasteiger partial charge in [-0.05, 0) is 92.3 Å². The third-order valence-corrected chi connectivity index (χ3v) is 10.1. The standard InChI is InChI=1S/C32H36N4O3S/c1-21-15-25-16-23(5-9-29(25)40-21)22-11-13-35(14-12-22)31(37)20-34-18-26-7-8-27(19-34)36(26)30-10-6-24(17-33-30)32(38)39-28-3-2-4-28/h5-6,9-11,15-17,26-28H,2-4,7-8,12-14,18-20H2,1H3. The molecule has 7 rings (SSSR count). The lowest BCUT2D eigenvalue weighted by Crippen LogP contribution is -2.56. The van der Waals surface area contributed by atoms with Crippen molar-refractivity contribution in [3.63, 3.8) is 0 Å². The van der Waals surface area contributed by atoms with Gasteiger partial charge in [-0.3, -0.25) is 9.69 Å². The first-order chi connectivity index (χ1) is 19.5. The van der Waals surface area contributed by atoms with Gasteiger partial charge in [0.2, 0.25) is 5.91 Å². The molecular formula is C32H36N4O3S. The van der Waals surface area contributed by atoms with Crippen LogP contribution in [0.3, 0.4) is 0 Å². The van der Waals surface area contributed by atoms with Crippen LogP contribution in [0.4, 0.5) is 5.82 Å². The number of carbonyl (C=O) groups is 2. The fourth-order valence-corrected chi connectivity index (χ4v) is 7.59. The minimum atomic E-state index is -0.270. The molecule has 208 valence electrons. The monoisotopic (exact) mass is 556 g/mol. The minimum absolute atomic E-state index is 0.0764. The number of ether oxygens (including phenoxy) is 1. The lowest BCUT2D eigenvalue weighted by Gasteiger charge is -2.42. The third-order valence-electron chi connectivity index (χ3n) is 9.06. The minimum Gasteiger partial charge on any atom is -0.459 e. The van der Waals surface area contributed by atoms with Gasteiger partial charge in [0.25, 0.3) is 0 Å². The molecule has 3 fully saturated rings. The van der Waals surface area contributed by atoms with E-state index in [0.29, 0.717) is 30.7 Å². The number of rotatable bonds is 6. The average molecular weight is 557 g/mol. The van der Waals surface area contributed by atoms with Gasteiger partial charge < -0.3 is 14.5 Å². The summed E-state index contributed by atoms with van der Waals surface area (Å²) in [4.78, 5) is 38.4. The SMILES string of the molecule is Cc1cc2cc(C3=CCN(C(=O)CN4CC5CCC(C4)N5c4ccc(C(=O)OC5CCC5)cn4)CC3)ccc2s1. The number of aryl methyl sites for hydroxylation is 1. The van der Waals surface area contributed by atoms with Gasteiger partial charge >= 0.3 is 5.97 Å². The number of carbonyl (C=O) groups excluding carboxylic acids is 2. The highest BCUT2D eigenvalue weighted by Crippen LogP contribution is 2.35. The van der Waals surface area contributed by atoms with Crippen molar-refractivity contribution < 1.29 is 14.3 Å². The van der Waals surface area contributed by atoms with E-state index in [1.54, 1.807) is 6.20 Å². The first kappa shape index (κ1) is 25.7. The Bertz CT molecular complexity index is 1450. The first-order valence-corrected chi connectivity index (χ1v) is 15.5. The van der Waals surface area contributed by atoms with Crippen LogP contribution >= 0.6 is 11.3 Å². The average Bonchev–Trinajstić information content (AvgIpc) is 3.45. The molecule has 2 unspecified atom stereocenters. The number of likely N-dealkylation sites (tertiary alicyclic amines) is 1. The Kier molecular flexibility index (Phi) is 6.84. The van der Waals surface area contributed by atoms with E-state index < -0.39 is 0 Å². The van der Waals surface area contributed by atoms with Crippen molar-refractivity contribution in [2.75, 3.05) is 37.6 Å². The van der Waals surface area contributed by atoms with Gasteiger partial charge in [-0.25, -0.2) is 9.78 Å². The largest absolute Gasteiger partial charge is 0.459 e. The Morgan fingerprint density at radius 2 is 1.88 bits per heavy atom. The Morgan fingerprint density at radius 3 is 2.55 bits per heavy atom. The van der Waals surface area contributed by atoms with Crippen LogP contribution in [0.5, 0.6) is 0 Å². The summed E-state index contributed by atoms with van der Waals surface area (Å²) in [5.41, 5.74) is 3.14. The lowest BCUT2D eigenvalue weighted by molar-refractivity contribution is -0.132. The number of pyridine rings is 1. The van der Waals surface area contributed by atoms with Gasteiger partial charge in [-0.2, -0.15) is 0 Å². The highest BCUT2D eigenvalue weighted by atomic mass is 32.1. The van der Waals surface area contributed by atoms with Crippen LogP contribution in [0, 0.1) is 6.92 Å². The molecule has 7 nitrogen and oxygen atoms in total. The summed E-state index contributed by atoms with van der Waals surface area (Å²) in [6, 6.07) is 13.5. The van der Waals surface area contributed by atoms with Crippen molar-refractivity contribution in [2.45, 2.75) is 63.6 Å². The summed E-state index contributed by atoms with van der Waals surface area (Å²) < 4.78 is 6.85. The molecule has 5 heterocycles. The van der Waals surface area contributed by atoms with E-state index in [1.807, 2.05) is 28.4 Å². The van der Waals surface area contributed by atoms with Crippen LogP contribution in [-0.2, 0) is 9.53 Å². The molecule has 1 aliphatic carbocycles. The zero-order valence-corrected chi connectivity index (χ0v) is 23.9. The summed E-state index contributed by atoms with van der Waals surface area (Å²) in [7, 11) is 0. The van der Waals surface area contributed by atoms with Crippen LogP contribution in [0.25, 0.3) is 15.7 Å². The predicted molar refractivity (Wildman–Crippen MR) is 159 cm³/mol. The van der Waals surface area contributed by atoms with E-state index in [4.69, 9.17) is 4.74 Å². The number of thiophene rings is 1. The van der Waals surface area contributed by atoms with Crippen molar-refractivity contribution in [1.82, 2.24) is 14.8 Å². The Labute approximate surface area is 239 Å². The van der Waals surface area contributed by atoms with Crippen molar-refractivity contribution in [3.05, 3.63) is 64.7 Å². The molecule has 1 saturated carbocycles. The van der Waals surface area contributed by atoms with Crippen LogP contribution in [0.2, 0.25) is 0 Å². The molecule has 8 heteroatoms. The molecule has 40 heavy (non-hydrogen) atoms. The van der Waals surface area contributed by atoms with Crippen LogP contribution in [0.15, 0.2) is 48.7 Å². The molecule has 2 atom stereocenters. The van der Waals surface area contributed by atoms with Crippen LogP contribution in [-0.4, -0.2) is 77.6 Å². The molecule has 2 saturated heterocycles. The second-order valence-corrected chi connectivity index (χ2v) is 13.1. The van der Waals surface area contributed by atoms with Gasteiger partial charge in [0.05, 0.1) is 12.1 Å². The summed E-state index contributed by atoms with van der Waals surface area (Å²) in [6.45, 7) is 5.82. The number of nitrogens with zero attached hydrogens (tertiary/aromatic N) is 4. The summed E-state index contributed by atoms with van der Waals surface area (Å²) in [5.74, 6) is 0.871. The topological polar surface area (TPSA) is 66.0 Å². The van der Waals surface area contributed by atoms with Crippen LogP contribution < -0.4 is 4.90 Å². The van der Waals surface area contributed by atoms with Gasteiger partial charge in [-0.15, -0.1) is 11.3 Å². The number of benzene rings is 1. The summed E-state index contributed by atoms with van der Waals surface area (Å²) >= 11 is 1.84. The molecule has 3 aliphatic heterocycles. The molecular weight excluding hydrogens is 520 g/mol. The van der Waals surface area contributed by atoms with Gasteiger partial charge in [-0.1, -0.05) is 12.1 Å². The van der Waals surface area contributed by atoms with E-state index in [0.717, 1.165) is 64.0 Å². The van der Waals surface area contributed by atoms with E-state index in [-0.39, 0.29) is 18.0 Å². The highest BCUT2D eigenvalue weighted by Gasteiger charge is 2.41. The molecule has 2 aromatic heterocycles. The quantitative estimate of drug-likeness (QED) is 0.385. The zero-order chi connectivity index (χ0) is 27.2. The van der Waals surface area contributed by atoms with Gasteiger partial charge in [0.1, 0.15) is 11.9 Å². The number of anilines is 1. The van der Waals surface area contributed by atoms with E-state index in [9.17, 15) is 9.59 Å². The number of hydrogen-bond acceptors (Lipinski definition) is 7. The van der Waals surface area contributed by atoms with Crippen molar-refractivity contribution in [2.24, 2.45) is 0 Å². The number of fused-ring (bicyclic) bond motifs is 3. The Balaban J connectivity index is 0.940. The van der Waals surface area contributed by atoms with Crippen molar-refractivity contribution >= 4 is 44.7 Å². The van der Waals surface area contributed by atoms with Crippen LogP contribution in [0.1, 0.15) is 59.3 Å². The molecule has 0 N–H and O–H groups in total. The molecule has 1 amide bonds. The summed E-state index contributed by atoms with van der Waals surface area (Å²) in [5, 5.41) is 1.31. The number of aromatic nitrogens is 1. The maximum atomic E-state index is 13.3. The normalized spacial score (nSPS) is 23.3. The van der Waals surface area contributed by atoms with Gasteiger partial charge in [0.15, 0.2) is 0 Å². The predicted octanol–water partition coefficient (Wildman–Crippen LogP) is 5.28. The fraction of sp³-hybridized carbons (Fsp3) is 0.469. The van der Waals surface area contributed by atoms with E-state index in [1.165, 1.54) is 26.1 Å². The maximum absolute atomic E-state index is 13.3. The Hall–Kier alpha value is -3.23. The fourth-order valence-electron chi connectivity index (χ4n) is 6.69. The zero-order valence-electron chi connectivity index (χ0n) is 23.1. The maximum Gasteiger partial charge on any atom is 0.339 e. The molecule has 0 radical (unpaired) electrons. The highest BCUT2D eigenvalue weighted by molar-refractivity contribution is 7.19. The molecule has 1 aromatic carbocycles. The second kappa shape index (κ2) is 10.6.